The second-order valence-electron chi connectivity index (χ2n) is 7.21. The minimum absolute atomic E-state index is 0.110. The van der Waals surface area contributed by atoms with Gasteiger partial charge in [-0.05, 0) is 77.2 Å². The third kappa shape index (κ3) is 5.22. The van der Waals surface area contributed by atoms with Gasteiger partial charge < -0.3 is 19.3 Å². The molecule has 2 aromatic carbocycles. The predicted molar refractivity (Wildman–Crippen MR) is 122 cm³/mol. The summed E-state index contributed by atoms with van der Waals surface area (Å²) in [7, 11) is 1.59. The Labute approximate surface area is 189 Å². The van der Waals surface area contributed by atoms with Crippen molar-refractivity contribution in [2.45, 2.75) is 32.2 Å². The lowest BCUT2D eigenvalue weighted by atomic mass is 10.1. The summed E-state index contributed by atoms with van der Waals surface area (Å²) in [6, 6.07) is 7.43. The van der Waals surface area contributed by atoms with Crippen molar-refractivity contribution in [3.05, 3.63) is 51.0 Å². The number of ether oxygens (including phenoxy) is 3. The lowest BCUT2D eigenvalue weighted by Gasteiger charge is -2.18. The van der Waals surface area contributed by atoms with Crippen LogP contribution >= 0.6 is 27.7 Å². The average molecular weight is 496 g/mol. The van der Waals surface area contributed by atoms with E-state index in [-0.39, 0.29) is 5.37 Å². The molecule has 0 amide bonds. The highest BCUT2D eigenvalue weighted by molar-refractivity contribution is 9.10. The van der Waals surface area contributed by atoms with Crippen molar-refractivity contribution < 1.29 is 24.1 Å². The Morgan fingerprint density at radius 3 is 2.57 bits per heavy atom. The van der Waals surface area contributed by atoms with Crippen LogP contribution in [0.4, 0.5) is 0 Å². The largest absolute Gasteiger partial charge is 0.493 e. The van der Waals surface area contributed by atoms with E-state index >= 15 is 0 Å². The molecular weight excluding hydrogens is 470 g/mol. The number of carboxylic acid groups (broad SMARTS) is 1. The van der Waals surface area contributed by atoms with Crippen LogP contribution in [-0.2, 0) is 4.79 Å². The summed E-state index contributed by atoms with van der Waals surface area (Å²) in [6.45, 7) is 6.94. The SMILES string of the molecule is COc1cc(C2NC(C(=O)O)CS2)cc(Br)c1OCCOc1cc(C)cc(C)c1C. The van der Waals surface area contributed by atoms with Crippen molar-refractivity contribution in [1.29, 1.82) is 0 Å². The highest BCUT2D eigenvalue weighted by Gasteiger charge is 2.31. The lowest BCUT2D eigenvalue weighted by molar-refractivity contribution is -0.138. The Morgan fingerprint density at radius 1 is 1.17 bits per heavy atom. The third-order valence-corrected chi connectivity index (χ3v) is 6.84. The fraction of sp³-hybridized carbons (Fsp3) is 0.409. The highest BCUT2D eigenvalue weighted by atomic mass is 79.9. The maximum Gasteiger partial charge on any atom is 0.321 e. The number of hydrogen-bond acceptors (Lipinski definition) is 6. The second kappa shape index (κ2) is 9.94. The van der Waals surface area contributed by atoms with Gasteiger partial charge in [0, 0.05) is 5.75 Å². The fourth-order valence-corrected chi connectivity index (χ4v) is 5.07. The van der Waals surface area contributed by atoms with Crippen LogP contribution in [0, 0.1) is 20.8 Å². The molecule has 2 aromatic rings. The summed E-state index contributed by atoms with van der Waals surface area (Å²) < 4.78 is 18.1. The molecule has 1 heterocycles. The van der Waals surface area contributed by atoms with Crippen molar-refractivity contribution in [2.24, 2.45) is 0 Å². The normalized spacial score (nSPS) is 18.3. The Morgan fingerprint density at radius 2 is 1.90 bits per heavy atom. The van der Waals surface area contributed by atoms with Gasteiger partial charge in [-0.2, -0.15) is 0 Å². The molecule has 0 aliphatic carbocycles. The number of benzene rings is 2. The molecule has 0 bridgehead atoms. The number of carboxylic acids is 1. The fourth-order valence-electron chi connectivity index (χ4n) is 3.28. The van der Waals surface area contributed by atoms with E-state index in [0.29, 0.717) is 30.5 Å². The van der Waals surface area contributed by atoms with Gasteiger partial charge in [-0.1, -0.05) is 6.07 Å². The summed E-state index contributed by atoms with van der Waals surface area (Å²) in [5.41, 5.74) is 4.43. The first kappa shape index (κ1) is 22.8. The Kier molecular flexibility index (Phi) is 7.55. The van der Waals surface area contributed by atoms with E-state index in [0.717, 1.165) is 26.9 Å². The number of methoxy groups -OCH3 is 1. The van der Waals surface area contributed by atoms with Crippen LogP contribution in [0.3, 0.4) is 0 Å². The molecule has 1 aliphatic rings. The topological polar surface area (TPSA) is 77.0 Å². The molecule has 0 aromatic heterocycles. The predicted octanol–water partition coefficient (Wildman–Crippen LogP) is 4.63. The third-order valence-electron chi connectivity index (χ3n) is 4.99. The van der Waals surface area contributed by atoms with Gasteiger partial charge in [-0.25, -0.2) is 0 Å². The van der Waals surface area contributed by atoms with Crippen LogP contribution in [0.5, 0.6) is 17.2 Å². The minimum Gasteiger partial charge on any atom is -0.493 e. The smallest absolute Gasteiger partial charge is 0.321 e. The van der Waals surface area contributed by atoms with E-state index in [1.807, 2.05) is 25.1 Å². The van der Waals surface area contributed by atoms with Gasteiger partial charge in [0.25, 0.3) is 0 Å². The van der Waals surface area contributed by atoms with E-state index in [1.54, 1.807) is 18.9 Å². The molecule has 2 unspecified atom stereocenters. The summed E-state index contributed by atoms with van der Waals surface area (Å²) in [6.07, 6.45) is 0. The highest BCUT2D eigenvalue weighted by Crippen LogP contribution is 2.42. The first-order valence-electron chi connectivity index (χ1n) is 9.61. The number of aryl methyl sites for hydroxylation is 2. The first-order chi connectivity index (χ1) is 14.3. The molecular formula is C22H26BrNO5S. The molecule has 30 heavy (non-hydrogen) atoms. The van der Waals surface area contributed by atoms with Crippen LogP contribution < -0.4 is 19.5 Å². The minimum atomic E-state index is -0.838. The maximum absolute atomic E-state index is 11.2. The van der Waals surface area contributed by atoms with Crippen molar-refractivity contribution in [2.75, 3.05) is 26.1 Å². The van der Waals surface area contributed by atoms with Crippen LogP contribution in [0.25, 0.3) is 0 Å². The molecule has 2 atom stereocenters. The monoisotopic (exact) mass is 495 g/mol. The zero-order chi connectivity index (χ0) is 21.8. The Bertz CT molecular complexity index is 936. The maximum atomic E-state index is 11.2. The lowest BCUT2D eigenvalue weighted by Crippen LogP contribution is -2.33. The number of hydrogen-bond donors (Lipinski definition) is 2. The number of thioether (sulfide) groups is 1. The van der Waals surface area contributed by atoms with Gasteiger partial charge in [0.1, 0.15) is 25.0 Å². The summed E-state index contributed by atoms with van der Waals surface area (Å²) in [5, 5.41) is 12.2. The quantitative estimate of drug-likeness (QED) is 0.516. The number of nitrogens with one attached hydrogen (secondary N) is 1. The van der Waals surface area contributed by atoms with Crippen molar-refractivity contribution in [3.63, 3.8) is 0 Å². The molecule has 0 spiro atoms. The number of carbonyl (C=O) groups is 1. The molecule has 1 aliphatic heterocycles. The van der Waals surface area contributed by atoms with Crippen molar-refractivity contribution >= 4 is 33.7 Å². The van der Waals surface area contributed by atoms with Gasteiger partial charge in [-0.15, -0.1) is 11.8 Å². The number of halogens is 1. The zero-order valence-corrected chi connectivity index (χ0v) is 19.9. The van der Waals surface area contributed by atoms with Crippen molar-refractivity contribution in [1.82, 2.24) is 5.32 Å². The van der Waals surface area contributed by atoms with E-state index < -0.39 is 12.0 Å². The van der Waals surface area contributed by atoms with Crippen LogP contribution in [0.1, 0.15) is 27.6 Å². The molecule has 2 N–H and O–H groups in total. The van der Waals surface area contributed by atoms with Gasteiger partial charge >= 0.3 is 5.97 Å². The van der Waals surface area contributed by atoms with Crippen LogP contribution in [0.2, 0.25) is 0 Å². The van der Waals surface area contributed by atoms with Gasteiger partial charge in [0.15, 0.2) is 11.5 Å². The molecule has 1 fully saturated rings. The van der Waals surface area contributed by atoms with Crippen LogP contribution in [0.15, 0.2) is 28.7 Å². The van der Waals surface area contributed by atoms with Gasteiger partial charge in [0.05, 0.1) is 17.0 Å². The average Bonchev–Trinajstić information content (AvgIpc) is 3.19. The first-order valence-corrected chi connectivity index (χ1v) is 11.5. The zero-order valence-electron chi connectivity index (χ0n) is 17.5. The summed E-state index contributed by atoms with van der Waals surface area (Å²) in [4.78, 5) is 11.2. The standard InChI is InChI=1S/C22H26BrNO5S/c1-12-7-13(2)14(3)18(8-12)28-5-6-29-20-16(23)9-15(10-19(20)27-4)21-24-17(11-30-21)22(25)26/h7-10,17,21,24H,5-6,11H2,1-4H3,(H,25,26). The number of rotatable bonds is 8. The van der Waals surface area contributed by atoms with Gasteiger partial charge in [0.2, 0.25) is 0 Å². The molecule has 8 heteroatoms. The van der Waals surface area contributed by atoms with Gasteiger partial charge in [-0.3, -0.25) is 10.1 Å². The van der Waals surface area contributed by atoms with E-state index in [1.165, 1.54) is 5.56 Å². The van der Waals surface area contributed by atoms with E-state index in [4.69, 9.17) is 14.2 Å². The molecule has 0 saturated carbocycles. The van der Waals surface area contributed by atoms with Crippen LogP contribution in [-0.4, -0.2) is 43.2 Å². The summed E-state index contributed by atoms with van der Waals surface area (Å²) >= 11 is 5.12. The molecule has 3 rings (SSSR count). The Balaban J connectivity index is 1.64. The number of aliphatic carboxylic acids is 1. The van der Waals surface area contributed by atoms with E-state index in [2.05, 4.69) is 41.2 Å². The van der Waals surface area contributed by atoms with Crippen molar-refractivity contribution in [3.8, 4) is 17.2 Å². The Hall–Kier alpha value is -1.90. The molecule has 162 valence electrons. The van der Waals surface area contributed by atoms with E-state index in [9.17, 15) is 9.90 Å². The summed E-state index contributed by atoms with van der Waals surface area (Å²) in [5.74, 6) is 1.74. The molecule has 6 nitrogen and oxygen atoms in total. The second-order valence-corrected chi connectivity index (χ2v) is 9.20. The molecule has 0 radical (unpaired) electrons. The molecule has 1 saturated heterocycles.